The summed E-state index contributed by atoms with van der Waals surface area (Å²) in [5.74, 6) is 0.816. The van der Waals surface area contributed by atoms with Crippen LogP contribution in [0.25, 0.3) is 0 Å². The molecule has 0 aliphatic heterocycles. The molecular formula is C14H22N2O2. The highest BCUT2D eigenvalue weighted by atomic mass is 16.5. The number of rotatable bonds is 4. The van der Waals surface area contributed by atoms with Gasteiger partial charge in [-0.15, -0.1) is 0 Å². The zero-order chi connectivity index (χ0) is 13.6. The van der Waals surface area contributed by atoms with E-state index in [1.165, 1.54) is 0 Å². The van der Waals surface area contributed by atoms with Crippen LogP contribution in [-0.4, -0.2) is 18.3 Å². The lowest BCUT2D eigenvalue weighted by Crippen LogP contribution is -2.47. The van der Waals surface area contributed by atoms with Gasteiger partial charge in [0.25, 0.3) is 0 Å². The van der Waals surface area contributed by atoms with Gasteiger partial charge in [-0.2, -0.15) is 0 Å². The minimum absolute atomic E-state index is 0.166. The van der Waals surface area contributed by atoms with Gasteiger partial charge in [0.05, 0.1) is 0 Å². The number of para-hydroxylation sites is 1. The fourth-order valence-corrected chi connectivity index (χ4v) is 1.50. The molecule has 0 atom stereocenters. The van der Waals surface area contributed by atoms with E-state index < -0.39 is 0 Å². The first kappa shape index (κ1) is 14.4. The van der Waals surface area contributed by atoms with Crippen molar-refractivity contribution in [3.8, 4) is 5.75 Å². The summed E-state index contributed by atoms with van der Waals surface area (Å²) in [4.78, 5) is 11.5. The zero-order valence-electron chi connectivity index (χ0n) is 11.5. The molecule has 0 heterocycles. The quantitative estimate of drug-likeness (QED) is 0.807. The van der Waals surface area contributed by atoms with Gasteiger partial charge in [0.15, 0.2) is 6.73 Å². The lowest BCUT2D eigenvalue weighted by Gasteiger charge is -2.21. The molecule has 0 unspecified atom stereocenters. The Labute approximate surface area is 109 Å². The normalized spacial score (nSPS) is 10.9. The van der Waals surface area contributed by atoms with Crippen LogP contribution < -0.4 is 15.4 Å². The van der Waals surface area contributed by atoms with Gasteiger partial charge in [0.2, 0.25) is 0 Å². The number of carbonyl (C=O) groups is 1. The number of amides is 2. The lowest BCUT2D eigenvalue weighted by atomic mass is 10.1. The number of benzene rings is 1. The third kappa shape index (κ3) is 5.08. The highest BCUT2D eigenvalue weighted by Crippen LogP contribution is 2.17. The third-order valence-corrected chi connectivity index (χ3v) is 2.30. The van der Waals surface area contributed by atoms with Crippen LogP contribution in [0.3, 0.4) is 0 Å². The van der Waals surface area contributed by atoms with E-state index in [9.17, 15) is 4.79 Å². The smallest absolute Gasteiger partial charge is 0.317 e. The molecule has 0 saturated heterocycles. The molecule has 1 aromatic carbocycles. The van der Waals surface area contributed by atoms with Crippen LogP contribution in [0.15, 0.2) is 24.3 Å². The summed E-state index contributed by atoms with van der Waals surface area (Å²) in [6.07, 6.45) is 0.907. The molecule has 18 heavy (non-hydrogen) atoms. The highest BCUT2D eigenvalue weighted by Gasteiger charge is 2.12. The molecule has 0 aromatic heterocycles. The maximum absolute atomic E-state index is 11.5. The Hall–Kier alpha value is -1.71. The number of ether oxygens (including phenoxy) is 1. The van der Waals surface area contributed by atoms with Crippen LogP contribution in [0, 0.1) is 0 Å². The Morgan fingerprint density at radius 1 is 1.28 bits per heavy atom. The molecule has 0 aliphatic carbocycles. The minimum atomic E-state index is -0.245. The van der Waals surface area contributed by atoms with Crippen molar-refractivity contribution in [2.24, 2.45) is 0 Å². The summed E-state index contributed by atoms with van der Waals surface area (Å²) in [7, 11) is 0. The van der Waals surface area contributed by atoms with Crippen molar-refractivity contribution in [3.63, 3.8) is 0 Å². The second-order valence-electron chi connectivity index (χ2n) is 5.13. The average Bonchev–Trinajstić information content (AvgIpc) is 2.27. The van der Waals surface area contributed by atoms with E-state index >= 15 is 0 Å². The van der Waals surface area contributed by atoms with Gasteiger partial charge >= 0.3 is 6.03 Å². The van der Waals surface area contributed by atoms with Crippen LogP contribution in [0.1, 0.15) is 33.3 Å². The molecule has 2 amide bonds. The third-order valence-electron chi connectivity index (χ3n) is 2.30. The number of hydrogen-bond donors (Lipinski definition) is 2. The Kier molecular flexibility index (Phi) is 5.01. The molecule has 100 valence electrons. The Balaban J connectivity index is 2.40. The van der Waals surface area contributed by atoms with Crippen LogP contribution in [0.5, 0.6) is 5.75 Å². The van der Waals surface area contributed by atoms with Crippen molar-refractivity contribution in [2.45, 2.75) is 39.7 Å². The predicted molar refractivity (Wildman–Crippen MR) is 72.7 cm³/mol. The maximum Gasteiger partial charge on any atom is 0.317 e. The number of hydrogen-bond acceptors (Lipinski definition) is 2. The number of nitrogens with one attached hydrogen (secondary N) is 2. The minimum Gasteiger partial charge on any atom is -0.473 e. The monoisotopic (exact) mass is 250 g/mol. The van der Waals surface area contributed by atoms with E-state index in [4.69, 9.17) is 4.74 Å². The molecule has 0 saturated carbocycles. The van der Waals surface area contributed by atoms with E-state index in [1.807, 2.05) is 45.0 Å². The molecule has 4 nitrogen and oxygen atoms in total. The van der Waals surface area contributed by atoms with Gasteiger partial charge < -0.3 is 15.4 Å². The second kappa shape index (κ2) is 6.28. The van der Waals surface area contributed by atoms with Gasteiger partial charge in [-0.05, 0) is 38.8 Å². The van der Waals surface area contributed by atoms with E-state index in [0.29, 0.717) is 0 Å². The molecule has 0 aliphatic rings. The summed E-state index contributed by atoms with van der Waals surface area (Å²) < 4.78 is 5.54. The van der Waals surface area contributed by atoms with Crippen LogP contribution >= 0.6 is 0 Å². The first-order chi connectivity index (χ1) is 8.42. The molecule has 0 fully saturated rings. The van der Waals surface area contributed by atoms with Gasteiger partial charge in [-0.1, -0.05) is 25.1 Å². The molecule has 4 heteroatoms. The zero-order valence-corrected chi connectivity index (χ0v) is 11.5. The van der Waals surface area contributed by atoms with E-state index in [2.05, 4.69) is 17.6 Å². The molecule has 1 rings (SSSR count). The van der Waals surface area contributed by atoms with E-state index in [-0.39, 0.29) is 18.3 Å². The number of urea groups is 1. The maximum atomic E-state index is 11.5. The fourth-order valence-electron chi connectivity index (χ4n) is 1.50. The van der Waals surface area contributed by atoms with Crippen molar-refractivity contribution in [3.05, 3.63) is 29.8 Å². The molecular weight excluding hydrogens is 228 g/mol. The lowest BCUT2D eigenvalue weighted by molar-refractivity contribution is 0.215. The van der Waals surface area contributed by atoms with E-state index in [0.717, 1.165) is 17.7 Å². The van der Waals surface area contributed by atoms with Crippen LogP contribution in [0.2, 0.25) is 0 Å². The van der Waals surface area contributed by atoms with Crippen LogP contribution in [0.4, 0.5) is 4.79 Å². The standard InChI is InChI=1S/C14H22N2O2/c1-5-11-8-6-7-9-12(11)18-10-15-13(17)16-14(2,3)4/h6-9H,5,10H2,1-4H3,(H2,15,16,17). The van der Waals surface area contributed by atoms with Gasteiger partial charge in [-0.3, -0.25) is 0 Å². The average molecular weight is 250 g/mol. The van der Waals surface area contributed by atoms with E-state index in [1.54, 1.807) is 0 Å². The number of carbonyl (C=O) groups excluding carboxylic acids is 1. The fraction of sp³-hybridized carbons (Fsp3) is 0.500. The first-order valence-electron chi connectivity index (χ1n) is 6.19. The van der Waals surface area contributed by atoms with Crippen LogP contribution in [-0.2, 0) is 6.42 Å². The van der Waals surface area contributed by atoms with Gasteiger partial charge in [0, 0.05) is 5.54 Å². The molecule has 0 bridgehead atoms. The summed E-state index contributed by atoms with van der Waals surface area (Å²) in [5, 5.41) is 5.47. The van der Waals surface area contributed by atoms with Crippen molar-refractivity contribution >= 4 is 6.03 Å². The van der Waals surface area contributed by atoms with Gasteiger partial charge in [0.1, 0.15) is 5.75 Å². The first-order valence-corrected chi connectivity index (χ1v) is 6.19. The Morgan fingerprint density at radius 3 is 2.56 bits per heavy atom. The molecule has 0 spiro atoms. The molecule has 1 aromatic rings. The number of aryl methyl sites for hydroxylation is 1. The van der Waals surface area contributed by atoms with Crippen molar-refractivity contribution in [2.75, 3.05) is 6.73 Å². The highest BCUT2D eigenvalue weighted by molar-refractivity contribution is 5.74. The molecule has 0 radical (unpaired) electrons. The van der Waals surface area contributed by atoms with Crippen molar-refractivity contribution < 1.29 is 9.53 Å². The molecule has 2 N–H and O–H groups in total. The topological polar surface area (TPSA) is 50.4 Å². The van der Waals surface area contributed by atoms with Crippen molar-refractivity contribution in [1.82, 2.24) is 10.6 Å². The Bertz CT molecular complexity index is 397. The van der Waals surface area contributed by atoms with Crippen molar-refractivity contribution in [1.29, 1.82) is 0 Å². The summed E-state index contributed by atoms with van der Waals surface area (Å²) >= 11 is 0. The second-order valence-corrected chi connectivity index (χ2v) is 5.13. The summed E-state index contributed by atoms with van der Waals surface area (Å²) in [5.41, 5.74) is 0.890. The summed E-state index contributed by atoms with van der Waals surface area (Å²) in [6, 6.07) is 7.60. The predicted octanol–water partition coefficient (Wildman–Crippen LogP) is 2.68. The SMILES string of the molecule is CCc1ccccc1OCNC(=O)NC(C)(C)C. The largest absolute Gasteiger partial charge is 0.473 e. The summed E-state index contributed by atoms with van der Waals surface area (Å²) in [6.45, 7) is 8.03. The Morgan fingerprint density at radius 2 is 1.94 bits per heavy atom. The van der Waals surface area contributed by atoms with Gasteiger partial charge in [-0.25, -0.2) is 4.79 Å².